The Bertz CT molecular complexity index is 415. The Morgan fingerprint density at radius 2 is 2.12 bits per heavy atom. The summed E-state index contributed by atoms with van der Waals surface area (Å²) in [5.74, 6) is 0. The fourth-order valence-corrected chi connectivity index (χ4v) is 3.00. The monoisotopic (exact) mass is 297 g/mol. The van der Waals surface area contributed by atoms with Crippen LogP contribution in [0.25, 0.3) is 0 Å². The van der Waals surface area contributed by atoms with Gasteiger partial charge in [-0.2, -0.15) is 0 Å². The fraction of sp³-hybridized carbons (Fsp3) is 0.571. The van der Waals surface area contributed by atoms with Crippen molar-refractivity contribution in [2.75, 3.05) is 18.0 Å². The third kappa shape index (κ3) is 2.83. The van der Waals surface area contributed by atoms with E-state index in [0.29, 0.717) is 5.41 Å². The number of halogens is 1. The van der Waals surface area contributed by atoms with Gasteiger partial charge in [0, 0.05) is 17.6 Å². The molecule has 94 valence electrons. The topological polar surface area (TPSA) is 23.5 Å². The summed E-state index contributed by atoms with van der Waals surface area (Å²) in [6.07, 6.45) is 0.827. The van der Waals surface area contributed by atoms with Crippen LogP contribution in [0.2, 0.25) is 0 Å². The lowest BCUT2D eigenvalue weighted by Gasteiger charge is -2.23. The van der Waals surface area contributed by atoms with Crippen molar-refractivity contribution >= 4 is 21.6 Å². The molecule has 1 aliphatic rings. The molecular formula is C14H20BrNO. The van der Waals surface area contributed by atoms with Crippen molar-refractivity contribution in [3.8, 4) is 0 Å². The van der Waals surface area contributed by atoms with Crippen LogP contribution in [0.1, 0.15) is 38.9 Å². The minimum absolute atomic E-state index is 0.405. The highest BCUT2D eigenvalue weighted by atomic mass is 79.9. The van der Waals surface area contributed by atoms with Crippen LogP contribution in [-0.2, 0) is 0 Å². The molecule has 2 nitrogen and oxygen atoms in total. The Balaban J connectivity index is 2.23. The smallest absolute Gasteiger partial charge is 0.0762 e. The summed E-state index contributed by atoms with van der Waals surface area (Å²) in [6.45, 7) is 8.62. The summed E-state index contributed by atoms with van der Waals surface area (Å²) >= 11 is 3.61. The number of benzene rings is 1. The van der Waals surface area contributed by atoms with Gasteiger partial charge in [0.1, 0.15) is 0 Å². The molecule has 1 aromatic rings. The number of aliphatic hydroxyl groups excluding tert-OH is 1. The summed E-state index contributed by atoms with van der Waals surface area (Å²) < 4.78 is 1.08. The van der Waals surface area contributed by atoms with Crippen LogP contribution in [0, 0.1) is 5.41 Å². The molecule has 1 aliphatic heterocycles. The number of aliphatic hydroxyl groups is 1. The molecule has 1 fully saturated rings. The van der Waals surface area contributed by atoms with Crippen LogP contribution >= 0.6 is 15.9 Å². The maximum atomic E-state index is 9.55. The van der Waals surface area contributed by atoms with Crippen molar-refractivity contribution in [2.24, 2.45) is 5.41 Å². The van der Waals surface area contributed by atoms with E-state index < -0.39 is 6.10 Å². The molecule has 0 radical (unpaired) electrons. The molecular weight excluding hydrogens is 278 g/mol. The van der Waals surface area contributed by atoms with Crippen molar-refractivity contribution in [2.45, 2.75) is 33.3 Å². The normalized spacial score (nSPS) is 20.6. The van der Waals surface area contributed by atoms with Crippen LogP contribution < -0.4 is 4.90 Å². The van der Waals surface area contributed by atoms with Crippen LogP contribution in [-0.4, -0.2) is 18.2 Å². The first-order valence-corrected chi connectivity index (χ1v) is 6.91. The van der Waals surface area contributed by atoms with Gasteiger partial charge in [-0.15, -0.1) is 0 Å². The van der Waals surface area contributed by atoms with E-state index in [0.717, 1.165) is 23.1 Å². The minimum atomic E-state index is -0.407. The van der Waals surface area contributed by atoms with E-state index in [1.807, 2.05) is 12.1 Å². The third-order valence-corrected chi connectivity index (χ3v) is 4.11. The summed E-state index contributed by atoms with van der Waals surface area (Å²) in [5, 5.41) is 9.55. The number of hydrogen-bond donors (Lipinski definition) is 1. The van der Waals surface area contributed by atoms with Gasteiger partial charge < -0.3 is 10.0 Å². The predicted molar refractivity (Wildman–Crippen MR) is 75.4 cm³/mol. The predicted octanol–water partition coefficient (Wildman–Crippen LogP) is 3.74. The van der Waals surface area contributed by atoms with Gasteiger partial charge in [0.2, 0.25) is 0 Å². The lowest BCUT2D eigenvalue weighted by molar-refractivity contribution is 0.199. The van der Waals surface area contributed by atoms with Gasteiger partial charge in [0.25, 0.3) is 0 Å². The third-order valence-electron chi connectivity index (χ3n) is 3.47. The number of rotatable bonds is 2. The Morgan fingerprint density at radius 1 is 1.41 bits per heavy atom. The Hall–Kier alpha value is -0.540. The van der Waals surface area contributed by atoms with Crippen molar-refractivity contribution in [3.63, 3.8) is 0 Å². The second kappa shape index (κ2) is 4.62. The molecule has 1 atom stereocenters. The van der Waals surface area contributed by atoms with Gasteiger partial charge in [0.15, 0.2) is 0 Å². The molecule has 0 bridgehead atoms. The van der Waals surface area contributed by atoms with Crippen LogP contribution in [0.4, 0.5) is 5.69 Å². The average Bonchev–Trinajstić information content (AvgIpc) is 2.58. The van der Waals surface area contributed by atoms with Crippen molar-refractivity contribution < 1.29 is 5.11 Å². The maximum absolute atomic E-state index is 9.55. The summed E-state index contributed by atoms with van der Waals surface area (Å²) in [6, 6.07) is 6.13. The number of hydrogen-bond acceptors (Lipinski definition) is 2. The lowest BCUT2D eigenvalue weighted by atomic mass is 9.93. The van der Waals surface area contributed by atoms with Crippen LogP contribution in [0.5, 0.6) is 0 Å². The van der Waals surface area contributed by atoms with Crippen molar-refractivity contribution in [3.05, 3.63) is 28.2 Å². The quantitative estimate of drug-likeness (QED) is 0.899. The molecule has 3 heteroatoms. The molecule has 0 unspecified atom stereocenters. The van der Waals surface area contributed by atoms with Gasteiger partial charge in [-0.3, -0.25) is 0 Å². The summed E-state index contributed by atoms with van der Waals surface area (Å²) in [4.78, 5) is 2.41. The molecule has 1 saturated heterocycles. The second-order valence-corrected chi connectivity index (χ2v) is 6.58. The van der Waals surface area contributed by atoms with Crippen LogP contribution in [0.3, 0.4) is 0 Å². The fourth-order valence-electron chi connectivity index (χ4n) is 2.36. The zero-order chi connectivity index (χ0) is 12.6. The molecule has 1 heterocycles. The van der Waals surface area contributed by atoms with E-state index >= 15 is 0 Å². The van der Waals surface area contributed by atoms with Gasteiger partial charge in [-0.05, 0) is 52.4 Å². The Labute approximate surface area is 112 Å². The molecule has 2 rings (SSSR count). The average molecular weight is 298 g/mol. The molecule has 1 N–H and O–H groups in total. The molecule has 0 amide bonds. The highest BCUT2D eigenvalue weighted by Gasteiger charge is 2.30. The van der Waals surface area contributed by atoms with E-state index in [1.54, 1.807) is 6.92 Å². The number of anilines is 1. The van der Waals surface area contributed by atoms with Gasteiger partial charge in [0.05, 0.1) is 11.8 Å². The molecule has 1 aromatic carbocycles. The first kappa shape index (κ1) is 12.9. The Kier molecular flexibility index (Phi) is 3.50. The minimum Gasteiger partial charge on any atom is -0.389 e. The SMILES string of the molecule is C[C@@H](O)c1ccc(N2CCC(C)(C)C2)c(Br)c1. The lowest BCUT2D eigenvalue weighted by Crippen LogP contribution is -2.23. The van der Waals surface area contributed by atoms with Crippen LogP contribution in [0.15, 0.2) is 22.7 Å². The molecule has 0 saturated carbocycles. The van der Waals surface area contributed by atoms with E-state index in [1.165, 1.54) is 12.1 Å². The standard InChI is InChI=1S/C14H20BrNO/c1-10(17)11-4-5-13(12(15)8-11)16-7-6-14(2,3)9-16/h4-5,8,10,17H,6-7,9H2,1-3H3/t10-/m1/s1. The second-order valence-electron chi connectivity index (χ2n) is 5.72. The van der Waals surface area contributed by atoms with E-state index in [4.69, 9.17) is 0 Å². The van der Waals surface area contributed by atoms with E-state index in [9.17, 15) is 5.11 Å². The first-order valence-electron chi connectivity index (χ1n) is 6.11. The molecule has 0 spiro atoms. The van der Waals surface area contributed by atoms with Crippen molar-refractivity contribution in [1.29, 1.82) is 0 Å². The summed E-state index contributed by atoms with van der Waals surface area (Å²) in [5.41, 5.74) is 2.60. The van der Waals surface area contributed by atoms with Gasteiger partial charge >= 0.3 is 0 Å². The summed E-state index contributed by atoms with van der Waals surface area (Å²) in [7, 11) is 0. The highest BCUT2D eigenvalue weighted by molar-refractivity contribution is 9.10. The van der Waals surface area contributed by atoms with E-state index in [2.05, 4.69) is 40.7 Å². The number of nitrogens with zero attached hydrogens (tertiary/aromatic N) is 1. The molecule has 0 aromatic heterocycles. The van der Waals surface area contributed by atoms with Crippen molar-refractivity contribution in [1.82, 2.24) is 0 Å². The molecule has 17 heavy (non-hydrogen) atoms. The van der Waals surface area contributed by atoms with E-state index in [-0.39, 0.29) is 0 Å². The zero-order valence-corrected chi connectivity index (χ0v) is 12.3. The van der Waals surface area contributed by atoms with Gasteiger partial charge in [-0.1, -0.05) is 19.9 Å². The largest absolute Gasteiger partial charge is 0.389 e. The highest BCUT2D eigenvalue weighted by Crippen LogP contribution is 2.36. The maximum Gasteiger partial charge on any atom is 0.0762 e. The first-order chi connectivity index (χ1) is 7.89. The Morgan fingerprint density at radius 3 is 2.59 bits per heavy atom. The van der Waals surface area contributed by atoms with Gasteiger partial charge in [-0.25, -0.2) is 0 Å². The zero-order valence-electron chi connectivity index (χ0n) is 10.7. The molecule has 0 aliphatic carbocycles.